The summed E-state index contributed by atoms with van der Waals surface area (Å²) in [5.41, 5.74) is 3.22. The van der Waals surface area contributed by atoms with Crippen LogP contribution in [-0.2, 0) is 11.4 Å². The van der Waals surface area contributed by atoms with Gasteiger partial charge in [-0.05, 0) is 63.5 Å². The molecule has 178 valence electrons. The molecule has 4 aromatic rings. The molecule has 1 N–H and O–H groups in total. The summed E-state index contributed by atoms with van der Waals surface area (Å²) in [6.45, 7) is 0.407. The van der Waals surface area contributed by atoms with Gasteiger partial charge in [0.15, 0.2) is 16.6 Å². The minimum absolute atomic E-state index is 0.312. The Morgan fingerprint density at radius 1 is 1.14 bits per heavy atom. The minimum Gasteiger partial charge on any atom is -0.493 e. The highest BCUT2D eigenvalue weighted by Gasteiger charge is 2.13. The number of nitrogens with one attached hydrogen (secondary N) is 1. The van der Waals surface area contributed by atoms with E-state index < -0.39 is 0 Å². The van der Waals surface area contributed by atoms with Gasteiger partial charge in [-0.25, -0.2) is 4.98 Å². The van der Waals surface area contributed by atoms with E-state index in [1.165, 1.54) is 17.4 Å². The Bertz CT molecular complexity index is 1380. The highest BCUT2D eigenvalue weighted by molar-refractivity contribution is 9.10. The first-order valence-electron chi connectivity index (χ1n) is 10.4. The Morgan fingerprint density at radius 2 is 1.94 bits per heavy atom. The molecule has 0 aliphatic rings. The number of hydrogen-bond donors (Lipinski definition) is 1. The molecule has 0 saturated carbocycles. The fourth-order valence-electron chi connectivity index (χ4n) is 3.18. The van der Waals surface area contributed by atoms with Crippen molar-refractivity contribution < 1.29 is 14.3 Å². The van der Waals surface area contributed by atoms with Crippen LogP contribution in [0.3, 0.4) is 0 Å². The van der Waals surface area contributed by atoms with Gasteiger partial charge in [-0.15, -0.1) is 11.3 Å². The first-order chi connectivity index (χ1) is 16.9. The molecule has 9 heteroatoms. The number of amides is 1. The molecule has 1 heterocycles. The molecule has 0 aliphatic heterocycles. The van der Waals surface area contributed by atoms with E-state index in [9.17, 15) is 4.79 Å². The Labute approximate surface area is 225 Å². The van der Waals surface area contributed by atoms with Gasteiger partial charge >= 0.3 is 0 Å². The van der Waals surface area contributed by atoms with E-state index in [-0.39, 0.29) is 5.91 Å². The molecule has 0 aliphatic carbocycles. The summed E-state index contributed by atoms with van der Waals surface area (Å²) >= 11 is 17.1. The molecule has 5 nitrogen and oxygen atoms in total. The zero-order valence-electron chi connectivity index (χ0n) is 18.4. The zero-order valence-corrected chi connectivity index (χ0v) is 22.3. The number of benzene rings is 3. The molecule has 0 spiro atoms. The molecule has 3 aromatic carbocycles. The number of anilines is 1. The minimum atomic E-state index is -0.312. The Morgan fingerprint density at radius 3 is 2.69 bits per heavy atom. The standard InChI is InChI=1S/C26H19BrCl2N2O3S/c1-33-23-12-17(11-20(27)25(23)34-14-16-5-3-2-4-6-16)7-10-24(32)31-26-30-22(15-35-26)19-9-8-18(28)13-21(19)29/h2-13,15H,14H2,1H3,(H,30,31,32)/b10-7+. The van der Waals surface area contributed by atoms with Crippen molar-refractivity contribution in [1.82, 2.24) is 4.98 Å². The van der Waals surface area contributed by atoms with Crippen LogP contribution in [0.1, 0.15) is 11.1 Å². The highest BCUT2D eigenvalue weighted by atomic mass is 79.9. The number of rotatable bonds is 8. The van der Waals surface area contributed by atoms with E-state index in [0.29, 0.717) is 39.0 Å². The van der Waals surface area contributed by atoms with Gasteiger partial charge in [-0.1, -0.05) is 53.5 Å². The quantitative estimate of drug-likeness (QED) is 0.211. The van der Waals surface area contributed by atoms with Crippen LogP contribution < -0.4 is 14.8 Å². The van der Waals surface area contributed by atoms with E-state index in [1.54, 1.807) is 37.5 Å². The van der Waals surface area contributed by atoms with Crippen LogP contribution >= 0.6 is 50.5 Å². The average Bonchev–Trinajstić information content (AvgIpc) is 3.30. The smallest absolute Gasteiger partial charge is 0.250 e. The number of hydrogen-bond acceptors (Lipinski definition) is 5. The molecule has 0 saturated heterocycles. The third-order valence-corrected chi connectivity index (χ3v) is 6.74. The Kier molecular flexibility index (Phi) is 8.46. The second-order valence-corrected chi connectivity index (χ2v) is 9.85. The molecule has 0 radical (unpaired) electrons. The second-order valence-electron chi connectivity index (χ2n) is 7.29. The molecule has 35 heavy (non-hydrogen) atoms. The number of carbonyl (C=O) groups is 1. The number of ether oxygens (including phenoxy) is 2. The summed E-state index contributed by atoms with van der Waals surface area (Å²) in [6, 6.07) is 18.7. The second kappa shape index (κ2) is 11.7. The fourth-order valence-corrected chi connectivity index (χ4v) is 4.97. The molecule has 0 unspecified atom stereocenters. The number of methoxy groups -OCH3 is 1. The predicted octanol–water partition coefficient (Wildman–Crippen LogP) is 8.12. The molecule has 0 fully saturated rings. The first-order valence-corrected chi connectivity index (χ1v) is 12.8. The van der Waals surface area contributed by atoms with Crippen LogP contribution in [0.15, 0.2) is 76.6 Å². The summed E-state index contributed by atoms with van der Waals surface area (Å²) < 4.78 is 12.2. The Hall–Kier alpha value is -2.84. The lowest BCUT2D eigenvalue weighted by Gasteiger charge is -2.13. The maximum atomic E-state index is 12.5. The van der Waals surface area contributed by atoms with Crippen molar-refractivity contribution in [2.45, 2.75) is 6.61 Å². The summed E-state index contributed by atoms with van der Waals surface area (Å²) in [4.78, 5) is 16.9. The largest absolute Gasteiger partial charge is 0.493 e. The molecule has 0 bridgehead atoms. The molecule has 1 aromatic heterocycles. The van der Waals surface area contributed by atoms with E-state index in [2.05, 4.69) is 26.2 Å². The van der Waals surface area contributed by atoms with Crippen molar-refractivity contribution in [1.29, 1.82) is 0 Å². The average molecular weight is 590 g/mol. The van der Waals surface area contributed by atoms with E-state index >= 15 is 0 Å². The first kappa shape index (κ1) is 25.3. The maximum Gasteiger partial charge on any atom is 0.250 e. The fraction of sp³-hybridized carbons (Fsp3) is 0.0769. The summed E-state index contributed by atoms with van der Waals surface area (Å²) in [7, 11) is 1.57. The van der Waals surface area contributed by atoms with Crippen LogP contribution in [0, 0.1) is 0 Å². The number of thiazole rings is 1. The van der Waals surface area contributed by atoms with Crippen molar-refractivity contribution in [3.63, 3.8) is 0 Å². The van der Waals surface area contributed by atoms with Gasteiger partial charge in [-0.3, -0.25) is 10.1 Å². The van der Waals surface area contributed by atoms with Gasteiger partial charge in [0.25, 0.3) is 0 Å². The maximum absolute atomic E-state index is 12.5. The lowest BCUT2D eigenvalue weighted by atomic mass is 10.2. The lowest BCUT2D eigenvalue weighted by molar-refractivity contribution is -0.111. The Balaban J connectivity index is 1.42. The van der Waals surface area contributed by atoms with Crippen molar-refractivity contribution in [3.05, 3.63) is 97.8 Å². The van der Waals surface area contributed by atoms with Crippen LogP contribution in [0.5, 0.6) is 11.5 Å². The van der Waals surface area contributed by atoms with E-state index in [4.69, 9.17) is 32.7 Å². The molecule has 1 amide bonds. The van der Waals surface area contributed by atoms with Crippen molar-refractivity contribution in [3.8, 4) is 22.8 Å². The lowest BCUT2D eigenvalue weighted by Crippen LogP contribution is -2.07. The third kappa shape index (κ3) is 6.64. The normalized spacial score (nSPS) is 11.0. The number of aromatic nitrogens is 1. The van der Waals surface area contributed by atoms with Gasteiger partial charge in [0, 0.05) is 22.0 Å². The summed E-state index contributed by atoms with van der Waals surface area (Å²) in [6.07, 6.45) is 3.12. The molecular weight excluding hydrogens is 571 g/mol. The highest BCUT2D eigenvalue weighted by Crippen LogP contribution is 2.37. The predicted molar refractivity (Wildman–Crippen MR) is 147 cm³/mol. The van der Waals surface area contributed by atoms with Gasteiger partial charge in [-0.2, -0.15) is 0 Å². The molecular formula is C26H19BrCl2N2O3S. The number of nitrogens with zero attached hydrogens (tertiary/aromatic N) is 1. The monoisotopic (exact) mass is 588 g/mol. The van der Waals surface area contributed by atoms with Crippen LogP contribution in [0.4, 0.5) is 5.13 Å². The van der Waals surface area contributed by atoms with Gasteiger partial charge < -0.3 is 9.47 Å². The zero-order chi connectivity index (χ0) is 24.8. The van der Waals surface area contributed by atoms with Crippen molar-refractivity contribution in [2.75, 3.05) is 12.4 Å². The molecule has 4 rings (SSSR count). The van der Waals surface area contributed by atoms with Crippen LogP contribution in [0.25, 0.3) is 17.3 Å². The van der Waals surface area contributed by atoms with E-state index in [0.717, 1.165) is 21.2 Å². The van der Waals surface area contributed by atoms with Gasteiger partial charge in [0.1, 0.15) is 6.61 Å². The summed E-state index contributed by atoms with van der Waals surface area (Å²) in [5.74, 6) is 0.835. The van der Waals surface area contributed by atoms with E-state index in [1.807, 2.05) is 41.8 Å². The topological polar surface area (TPSA) is 60.5 Å². The van der Waals surface area contributed by atoms with Gasteiger partial charge in [0.2, 0.25) is 5.91 Å². The van der Waals surface area contributed by atoms with Crippen molar-refractivity contribution >= 4 is 67.6 Å². The molecule has 0 atom stereocenters. The number of halogens is 3. The number of carbonyl (C=O) groups excluding carboxylic acids is 1. The SMILES string of the molecule is COc1cc(/C=C/C(=O)Nc2nc(-c3ccc(Cl)cc3Cl)cs2)cc(Br)c1OCc1ccccc1. The third-order valence-electron chi connectivity index (χ3n) is 4.85. The summed E-state index contributed by atoms with van der Waals surface area (Å²) in [5, 5.41) is 6.10. The van der Waals surface area contributed by atoms with Crippen LogP contribution in [-0.4, -0.2) is 18.0 Å². The van der Waals surface area contributed by atoms with Gasteiger partial charge in [0.05, 0.1) is 22.3 Å². The van der Waals surface area contributed by atoms with Crippen LogP contribution in [0.2, 0.25) is 10.0 Å². The van der Waals surface area contributed by atoms with Crippen molar-refractivity contribution in [2.24, 2.45) is 0 Å².